The highest BCUT2D eigenvalue weighted by Crippen LogP contribution is 2.17. The third kappa shape index (κ3) is 5.35. The minimum Gasteiger partial charge on any atom is -0.384 e. The number of nitrogens with one attached hydrogen (secondary N) is 1. The van der Waals surface area contributed by atoms with E-state index in [0.717, 1.165) is 11.1 Å². The van der Waals surface area contributed by atoms with Gasteiger partial charge in [-0.3, -0.25) is 4.98 Å². The first-order valence-electron chi connectivity index (χ1n) is 6.72. The molecule has 0 bridgehead atoms. The fourth-order valence-electron chi connectivity index (χ4n) is 2.11. The van der Waals surface area contributed by atoms with Crippen LogP contribution in [0.4, 0.5) is 13.2 Å². The van der Waals surface area contributed by atoms with Crippen LogP contribution in [0.15, 0.2) is 35.6 Å². The van der Waals surface area contributed by atoms with E-state index in [1.807, 2.05) is 12.1 Å². The van der Waals surface area contributed by atoms with Gasteiger partial charge in [-0.2, -0.15) is 13.2 Å². The average molecular weight is 333 g/mol. The molecular formula is C15H16ClF3N2O. The van der Waals surface area contributed by atoms with Gasteiger partial charge in [-0.1, -0.05) is 17.7 Å². The van der Waals surface area contributed by atoms with Gasteiger partial charge in [0, 0.05) is 17.3 Å². The van der Waals surface area contributed by atoms with Crippen LogP contribution < -0.4 is 5.32 Å². The molecule has 1 aromatic rings. The maximum atomic E-state index is 12.0. The molecule has 3 nitrogen and oxygen atoms in total. The second-order valence-corrected chi connectivity index (χ2v) is 5.51. The molecule has 0 saturated carbocycles. The van der Waals surface area contributed by atoms with Crippen molar-refractivity contribution in [1.82, 2.24) is 10.3 Å². The van der Waals surface area contributed by atoms with Crippen LogP contribution in [0.25, 0.3) is 0 Å². The SMILES string of the molecule is Cc1cc(CC2C=C(Cl)C=CN2)cnc1COCC(F)(F)F. The Bertz CT molecular complexity index is 585. The average Bonchev–Trinajstić information content (AvgIpc) is 2.40. The molecule has 0 fully saturated rings. The minimum absolute atomic E-state index is 0.0750. The third-order valence-corrected chi connectivity index (χ3v) is 3.37. The van der Waals surface area contributed by atoms with Crippen molar-refractivity contribution in [2.75, 3.05) is 6.61 Å². The van der Waals surface area contributed by atoms with Gasteiger partial charge in [0.15, 0.2) is 0 Å². The van der Waals surface area contributed by atoms with E-state index in [2.05, 4.69) is 15.0 Å². The zero-order valence-electron chi connectivity index (χ0n) is 12.0. The summed E-state index contributed by atoms with van der Waals surface area (Å²) in [6.07, 6.45) is 3.48. The highest BCUT2D eigenvalue weighted by Gasteiger charge is 2.27. The first kappa shape index (κ1) is 16.8. The van der Waals surface area contributed by atoms with Gasteiger partial charge in [0.1, 0.15) is 6.61 Å². The number of hydrogen-bond donors (Lipinski definition) is 1. The van der Waals surface area contributed by atoms with E-state index in [-0.39, 0.29) is 12.6 Å². The van der Waals surface area contributed by atoms with Crippen LogP contribution in [0.3, 0.4) is 0 Å². The van der Waals surface area contributed by atoms with Crippen molar-refractivity contribution < 1.29 is 17.9 Å². The largest absolute Gasteiger partial charge is 0.411 e. The summed E-state index contributed by atoms with van der Waals surface area (Å²) in [4.78, 5) is 4.19. The summed E-state index contributed by atoms with van der Waals surface area (Å²) in [5.74, 6) is 0. The van der Waals surface area contributed by atoms with Crippen molar-refractivity contribution in [3.05, 3.63) is 52.5 Å². The van der Waals surface area contributed by atoms with Gasteiger partial charge in [0.2, 0.25) is 0 Å². The lowest BCUT2D eigenvalue weighted by atomic mass is 10.0. The van der Waals surface area contributed by atoms with Gasteiger partial charge >= 0.3 is 6.18 Å². The van der Waals surface area contributed by atoms with Crippen LogP contribution in [0, 0.1) is 6.92 Å². The van der Waals surface area contributed by atoms with Crippen LogP contribution in [-0.4, -0.2) is 23.8 Å². The van der Waals surface area contributed by atoms with Gasteiger partial charge < -0.3 is 10.1 Å². The lowest BCUT2D eigenvalue weighted by molar-refractivity contribution is -0.176. The molecule has 1 aliphatic heterocycles. The number of alkyl halides is 3. The van der Waals surface area contributed by atoms with Crippen molar-refractivity contribution in [3.8, 4) is 0 Å². The zero-order valence-corrected chi connectivity index (χ0v) is 12.7. The van der Waals surface area contributed by atoms with Crippen molar-refractivity contribution in [1.29, 1.82) is 0 Å². The monoisotopic (exact) mass is 332 g/mol. The van der Waals surface area contributed by atoms with E-state index >= 15 is 0 Å². The van der Waals surface area contributed by atoms with Crippen molar-refractivity contribution >= 4 is 11.6 Å². The van der Waals surface area contributed by atoms with E-state index in [1.54, 1.807) is 25.4 Å². The number of aryl methyl sites for hydroxylation is 1. The number of aromatic nitrogens is 1. The van der Waals surface area contributed by atoms with E-state index in [4.69, 9.17) is 11.6 Å². The molecule has 1 unspecified atom stereocenters. The summed E-state index contributed by atoms with van der Waals surface area (Å²) >= 11 is 5.94. The standard InChI is InChI=1S/C15H16ClF3N2O/c1-10-4-11(5-13-6-12(16)2-3-20-13)7-21-14(10)8-22-9-15(17,18)19/h2-4,6-7,13,20H,5,8-9H2,1H3. The van der Waals surface area contributed by atoms with Crippen molar-refractivity contribution in [2.45, 2.75) is 32.2 Å². The lowest BCUT2D eigenvalue weighted by Crippen LogP contribution is -2.26. The summed E-state index contributed by atoms with van der Waals surface area (Å²) in [6.45, 7) is 0.388. The van der Waals surface area contributed by atoms with Crippen molar-refractivity contribution in [2.24, 2.45) is 0 Å². The molecule has 2 rings (SSSR count). The first-order chi connectivity index (χ1) is 10.3. The summed E-state index contributed by atoms with van der Waals surface area (Å²) in [7, 11) is 0. The third-order valence-electron chi connectivity index (χ3n) is 3.12. The minimum atomic E-state index is -4.32. The van der Waals surface area contributed by atoms with Crippen LogP contribution in [0.1, 0.15) is 16.8 Å². The second-order valence-electron chi connectivity index (χ2n) is 5.08. The van der Waals surface area contributed by atoms with Crippen molar-refractivity contribution in [3.63, 3.8) is 0 Å². The molecule has 0 saturated heterocycles. The first-order valence-corrected chi connectivity index (χ1v) is 7.10. The maximum Gasteiger partial charge on any atom is 0.411 e. The Balaban J connectivity index is 1.93. The number of pyridine rings is 1. The van der Waals surface area contributed by atoms with E-state index < -0.39 is 12.8 Å². The predicted octanol–water partition coefficient (Wildman–Crippen LogP) is 3.62. The Morgan fingerprint density at radius 3 is 2.82 bits per heavy atom. The summed E-state index contributed by atoms with van der Waals surface area (Å²) in [6, 6.07) is 1.98. The summed E-state index contributed by atoms with van der Waals surface area (Å²) in [5.41, 5.74) is 2.30. The van der Waals surface area contributed by atoms with Gasteiger partial charge in [0.05, 0.1) is 12.3 Å². The Morgan fingerprint density at radius 2 is 2.18 bits per heavy atom. The second kappa shape index (κ2) is 7.15. The normalized spacial score (nSPS) is 18.0. The molecule has 1 atom stereocenters. The predicted molar refractivity (Wildman–Crippen MR) is 78.4 cm³/mol. The fourth-order valence-corrected chi connectivity index (χ4v) is 2.32. The van der Waals surface area contributed by atoms with Gasteiger partial charge in [-0.25, -0.2) is 0 Å². The number of nitrogens with zero attached hydrogens (tertiary/aromatic N) is 1. The molecule has 0 radical (unpaired) electrons. The summed E-state index contributed by atoms with van der Waals surface area (Å²) < 4.78 is 40.8. The van der Waals surface area contributed by atoms with Crippen LogP contribution in [0.5, 0.6) is 0 Å². The smallest absolute Gasteiger partial charge is 0.384 e. The molecule has 7 heteroatoms. The zero-order chi connectivity index (χ0) is 16.2. The van der Waals surface area contributed by atoms with Crippen LogP contribution in [-0.2, 0) is 17.8 Å². The van der Waals surface area contributed by atoms with E-state index in [0.29, 0.717) is 17.1 Å². The number of ether oxygens (including phenoxy) is 1. The highest BCUT2D eigenvalue weighted by molar-refractivity contribution is 6.31. The fraction of sp³-hybridized carbons (Fsp3) is 0.400. The number of halogens is 4. The van der Waals surface area contributed by atoms with E-state index in [9.17, 15) is 13.2 Å². The van der Waals surface area contributed by atoms with Gasteiger partial charge in [-0.05, 0) is 42.8 Å². The number of hydrogen-bond acceptors (Lipinski definition) is 3. The lowest BCUT2D eigenvalue weighted by Gasteiger charge is -2.17. The quantitative estimate of drug-likeness (QED) is 0.894. The maximum absolute atomic E-state index is 12.0. The molecule has 2 heterocycles. The Morgan fingerprint density at radius 1 is 1.41 bits per heavy atom. The molecule has 120 valence electrons. The van der Waals surface area contributed by atoms with Gasteiger partial charge in [-0.15, -0.1) is 0 Å². The molecule has 1 N–H and O–H groups in total. The molecule has 22 heavy (non-hydrogen) atoms. The molecule has 0 aliphatic carbocycles. The number of dihydropyridines is 1. The molecular weight excluding hydrogens is 317 g/mol. The molecule has 0 spiro atoms. The number of allylic oxidation sites excluding steroid dienone is 2. The highest BCUT2D eigenvalue weighted by atomic mass is 35.5. The Hall–Kier alpha value is -1.53. The van der Waals surface area contributed by atoms with Gasteiger partial charge in [0.25, 0.3) is 0 Å². The van der Waals surface area contributed by atoms with Crippen LogP contribution in [0.2, 0.25) is 0 Å². The molecule has 1 aliphatic rings. The molecule has 1 aromatic heterocycles. The van der Waals surface area contributed by atoms with Crippen LogP contribution >= 0.6 is 11.6 Å². The Kier molecular flexibility index (Phi) is 5.47. The topological polar surface area (TPSA) is 34.2 Å². The summed E-state index contributed by atoms with van der Waals surface area (Å²) in [5, 5.41) is 3.84. The number of rotatable bonds is 5. The molecule has 0 amide bonds. The molecule has 0 aromatic carbocycles. The van der Waals surface area contributed by atoms with E-state index in [1.165, 1.54) is 0 Å². The Labute approximate surface area is 131 Å².